The van der Waals surface area contributed by atoms with Gasteiger partial charge in [-0.05, 0) is 23.6 Å². The summed E-state index contributed by atoms with van der Waals surface area (Å²) in [4.78, 5) is 0.207. The second kappa shape index (κ2) is 3.38. The van der Waals surface area contributed by atoms with Gasteiger partial charge in [-0.1, -0.05) is 18.2 Å². The highest BCUT2D eigenvalue weighted by Crippen LogP contribution is 2.19. The second-order valence-electron chi connectivity index (χ2n) is 2.90. The number of fused-ring (bicyclic) bond motifs is 1. The van der Waals surface area contributed by atoms with Gasteiger partial charge in [-0.2, -0.15) is 0 Å². The van der Waals surface area contributed by atoms with Gasteiger partial charge in [-0.25, -0.2) is 12.8 Å². The molecule has 2 rings (SSSR count). The van der Waals surface area contributed by atoms with E-state index in [1.54, 1.807) is 12.1 Å². The van der Waals surface area contributed by atoms with Crippen molar-refractivity contribution >= 4 is 21.5 Å². The van der Waals surface area contributed by atoms with Crippen molar-refractivity contribution in [1.82, 2.24) is 0 Å². The Labute approximate surface area is 81.9 Å². The van der Waals surface area contributed by atoms with Crippen molar-refractivity contribution in [3.63, 3.8) is 0 Å². The number of halogens is 1. The van der Waals surface area contributed by atoms with Gasteiger partial charge in [0.15, 0.2) is 10.7 Å². The lowest BCUT2D eigenvalue weighted by atomic mass is 10.1. The first-order valence-corrected chi connectivity index (χ1v) is 5.19. The molecule has 0 aliphatic heterocycles. The predicted molar refractivity (Wildman–Crippen MR) is 52.5 cm³/mol. The number of rotatable bonds is 1. The Morgan fingerprint density at radius 1 is 1.07 bits per heavy atom. The first-order valence-electron chi connectivity index (χ1n) is 4.01. The molecule has 2 aromatic rings. The average molecular weight is 210 g/mol. The van der Waals surface area contributed by atoms with Crippen LogP contribution in [-0.4, -0.2) is 8.42 Å². The van der Waals surface area contributed by atoms with E-state index in [2.05, 4.69) is 0 Å². The van der Waals surface area contributed by atoms with E-state index in [9.17, 15) is 12.8 Å². The van der Waals surface area contributed by atoms with Crippen molar-refractivity contribution in [2.75, 3.05) is 0 Å². The third-order valence-electron chi connectivity index (χ3n) is 2.02. The monoisotopic (exact) mass is 210 g/mol. The Hall–Kier alpha value is -1.42. The largest absolute Gasteiger partial charge is 0.227 e. The van der Waals surface area contributed by atoms with E-state index < -0.39 is 10.7 Å². The zero-order chi connectivity index (χ0) is 10.1. The highest BCUT2D eigenvalue weighted by molar-refractivity contribution is 7.72. The number of hydrogen-bond acceptors (Lipinski definition) is 2. The molecule has 0 saturated heterocycles. The molecule has 0 N–H and O–H groups in total. The van der Waals surface area contributed by atoms with Crippen LogP contribution in [0.5, 0.6) is 0 Å². The van der Waals surface area contributed by atoms with Crippen LogP contribution in [0.3, 0.4) is 0 Å². The minimum Gasteiger partial charge on any atom is -0.227 e. The van der Waals surface area contributed by atoms with E-state index in [1.165, 1.54) is 24.3 Å². The lowest BCUT2D eigenvalue weighted by Crippen LogP contribution is -1.83. The average Bonchev–Trinajstić information content (AvgIpc) is 2.17. The molecule has 0 aliphatic carbocycles. The second-order valence-corrected chi connectivity index (χ2v) is 3.93. The van der Waals surface area contributed by atoms with Crippen molar-refractivity contribution < 1.29 is 12.8 Å². The molecule has 4 heteroatoms. The molecule has 0 aliphatic rings. The van der Waals surface area contributed by atoms with Gasteiger partial charge in [0, 0.05) is 5.39 Å². The van der Waals surface area contributed by atoms with Gasteiger partial charge < -0.3 is 0 Å². The lowest BCUT2D eigenvalue weighted by molar-refractivity contribution is 0.614. The van der Waals surface area contributed by atoms with Crippen LogP contribution < -0.4 is 0 Å². The third kappa shape index (κ3) is 1.48. The van der Waals surface area contributed by atoms with Crippen molar-refractivity contribution in [2.24, 2.45) is 0 Å². The van der Waals surface area contributed by atoms with Crippen molar-refractivity contribution in [3.05, 3.63) is 42.2 Å². The summed E-state index contributed by atoms with van der Waals surface area (Å²) in [5.74, 6) is -0.338. The first-order chi connectivity index (χ1) is 6.68. The van der Waals surface area contributed by atoms with Gasteiger partial charge in [0.1, 0.15) is 5.82 Å². The van der Waals surface area contributed by atoms with Crippen LogP contribution >= 0.6 is 0 Å². The summed E-state index contributed by atoms with van der Waals surface area (Å²) in [7, 11) is -2.60. The van der Waals surface area contributed by atoms with Crippen LogP contribution in [0.2, 0.25) is 0 Å². The van der Waals surface area contributed by atoms with Crippen molar-refractivity contribution in [2.45, 2.75) is 4.90 Å². The van der Waals surface area contributed by atoms with Gasteiger partial charge in [-0.15, -0.1) is 0 Å². The molecule has 0 spiro atoms. The molecule has 0 radical (unpaired) electrons. The fraction of sp³-hybridized carbons (Fsp3) is 0. The normalized spacial score (nSPS) is 11.0. The zero-order valence-corrected chi connectivity index (χ0v) is 8.00. The Kier molecular flexibility index (Phi) is 2.21. The molecule has 0 bridgehead atoms. The molecular weight excluding hydrogens is 203 g/mol. The standard InChI is InChI=1S/C10H7FO2S/c11-10-3-1-2-7-6-8(14(12)13)4-5-9(7)10/h1-6,14H. The zero-order valence-electron chi connectivity index (χ0n) is 7.11. The van der Waals surface area contributed by atoms with Crippen LogP contribution in [0.1, 0.15) is 0 Å². The summed E-state index contributed by atoms with van der Waals surface area (Å²) >= 11 is 0. The lowest BCUT2D eigenvalue weighted by Gasteiger charge is -1.99. The molecule has 0 saturated carbocycles. The maximum atomic E-state index is 13.2. The maximum Gasteiger partial charge on any atom is 0.168 e. The number of thiol groups is 1. The molecule has 14 heavy (non-hydrogen) atoms. The third-order valence-corrected chi connectivity index (χ3v) is 2.72. The quantitative estimate of drug-likeness (QED) is 0.730. The molecule has 0 unspecified atom stereocenters. The van der Waals surface area contributed by atoms with Gasteiger partial charge in [0.25, 0.3) is 0 Å². The van der Waals surface area contributed by atoms with E-state index >= 15 is 0 Å². The maximum absolute atomic E-state index is 13.2. The van der Waals surface area contributed by atoms with Gasteiger partial charge in [0.05, 0.1) is 4.90 Å². The Bertz CT molecular complexity index is 553. The Balaban J connectivity index is 2.79. The van der Waals surface area contributed by atoms with Gasteiger partial charge >= 0.3 is 0 Å². The van der Waals surface area contributed by atoms with Crippen LogP contribution in [0.4, 0.5) is 4.39 Å². The molecule has 0 aromatic heterocycles. The molecule has 2 nitrogen and oxygen atoms in total. The topological polar surface area (TPSA) is 34.1 Å². The van der Waals surface area contributed by atoms with E-state index in [0.29, 0.717) is 10.8 Å². The molecule has 0 amide bonds. The summed E-state index contributed by atoms with van der Waals surface area (Å²) in [6, 6.07) is 8.92. The summed E-state index contributed by atoms with van der Waals surface area (Å²) in [6.45, 7) is 0. The molecular formula is C10H7FO2S. The van der Waals surface area contributed by atoms with E-state index in [1.807, 2.05) is 0 Å². The molecule has 0 heterocycles. The van der Waals surface area contributed by atoms with Gasteiger partial charge in [-0.3, -0.25) is 0 Å². The van der Waals surface area contributed by atoms with Crippen LogP contribution in [-0.2, 0) is 10.7 Å². The fourth-order valence-corrected chi connectivity index (χ4v) is 1.79. The molecule has 72 valence electrons. The Morgan fingerprint density at radius 3 is 2.57 bits per heavy atom. The highest BCUT2D eigenvalue weighted by atomic mass is 32.2. The summed E-state index contributed by atoms with van der Waals surface area (Å²) in [6.07, 6.45) is 0. The van der Waals surface area contributed by atoms with Gasteiger partial charge in [0.2, 0.25) is 0 Å². The molecule has 0 fully saturated rings. The Morgan fingerprint density at radius 2 is 1.86 bits per heavy atom. The van der Waals surface area contributed by atoms with E-state index in [-0.39, 0.29) is 10.7 Å². The van der Waals surface area contributed by atoms with Crippen molar-refractivity contribution in [3.8, 4) is 0 Å². The smallest absolute Gasteiger partial charge is 0.168 e. The highest BCUT2D eigenvalue weighted by Gasteiger charge is 2.01. The van der Waals surface area contributed by atoms with Crippen LogP contribution in [0, 0.1) is 5.82 Å². The number of benzene rings is 2. The summed E-state index contributed by atoms with van der Waals surface area (Å²) in [5, 5.41) is 1.04. The van der Waals surface area contributed by atoms with Crippen LogP contribution in [0.25, 0.3) is 10.8 Å². The molecule has 2 aromatic carbocycles. The molecule has 0 atom stereocenters. The minimum absolute atomic E-state index is 0.207. The number of hydrogen-bond donors (Lipinski definition) is 1. The van der Waals surface area contributed by atoms with Crippen molar-refractivity contribution in [1.29, 1.82) is 0 Å². The summed E-state index contributed by atoms with van der Waals surface area (Å²) < 4.78 is 34.5. The fourth-order valence-electron chi connectivity index (χ4n) is 1.35. The van der Waals surface area contributed by atoms with E-state index in [4.69, 9.17) is 0 Å². The first kappa shape index (κ1) is 9.15. The van der Waals surface area contributed by atoms with Crippen LogP contribution in [0.15, 0.2) is 41.3 Å². The van der Waals surface area contributed by atoms with E-state index in [0.717, 1.165) is 0 Å². The minimum atomic E-state index is -2.60. The predicted octanol–water partition coefficient (Wildman–Crippen LogP) is 1.95. The summed E-state index contributed by atoms with van der Waals surface area (Å²) in [5.41, 5.74) is 0. The SMILES string of the molecule is O=[SH](=O)c1ccc2c(F)cccc2c1.